The maximum Gasteiger partial charge on any atom is 0.0989 e. The van der Waals surface area contributed by atoms with Crippen molar-refractivity contribution in [1.29, 1.82) is 0 Å². The van der Waals surface area contributed by atoms with Crippen LogP contribution in [0.1, 0.15) is 24.0 Å². The van der Waals surface area contributed by atoms with Crippen LogP contribution in [-0.2, 0) is 10.6 Å². The summed E-state index contributed by atoms with van der Waals surface area (Å²) in [7, 11) is 0. The highest BCUT2D eigenvalue weighted by Crippen LogP contribution is 2.53. The second-order valence-corrected chi connectivity index (χ2v) is 8.64. The van der Waals surface area contributed by atoms with Crippen LogP contribution in [0.2, 0.25) is 0 Å². The average Bonchev–Trinajstić information content (AvgIpc) is 2.46. The molecule has 0 N–H and O–H groups in total. The normalized spacial score (nSPS) is 22.4. The van der Waals surface area contributed by atoms with Crippen molar-refractivity contribution in [2.24, 2.45) is 0 Å². The summed E-state index contributed by atoms with van der Waals surface area (Å²) in [4.78, 5) is 2.59. The Morgan fingerprint density at radius 2 is 2.00 bits per heavy atom. The molecule has 0 saturated carbocycles. The van der Waals surface area contributed by atoms with Crippen molar-refractivity contribution in [2.75, 3.05) is 30.5 Å². The minimum absolute atomic E-state index is 0.277. The van der Waals surface area contributed by atoms with Crippen molar-refractivity contribution >= 4 is 35.1 Å². The largest absolute Gasteiger partial charge is 0.296 e. The fraction of sp³-hybridized carbons (Fsp3) is 0.600. The molecule has 1 spiro atoms. The fourth-order valence-corrected chi connectivity index (χ4v) is 6.60. The average molecular weight is 314 g/mol. The third kappa shape index (κ3) is 2.94. The predicted molar refractivity (Wildman–Crippen MR) is 88.3 cm³/mol. The van der Waals surface area contributed by atoms with Gasteiger partial charge in [0.15, 0.2) is 0 Å². The van der Waals surface area contributed by atoms with E-state index in [1.807, 2.05) is 0 Å². The summed E-state index contributed by atoms with van der Waals surface area (Å²) in [6.07, 6.45) is 2.44. The first kappa shape index (κ1) is 14.1. The Bertz CT molecular complexity index is 432. The number of hydrogen-bond donors (Lipinski definition) is 0. The lowest BCUT2D eigenvalue weighted by atomic mass is 9.98. The molecule has 1 aromatic carbocycles. The van der Waals surface area contributed by atoms with E-state index in [9.17, 15) is 0 Å². The van der Waals surface area contributed by atoms with Crippen molar-refractivity contribution in [3.05, 3.63) is 35.4 Å². The Morgan fingerprint density at radius 3 is 2.79 bits per heavy atom. The van der Waals surface area contributed by atoms with Gasteiger partial charge in [-0.15, -0.1) is 35.1 Å². The standard InChI is InChI=1S/C15H20ClNS2/c16-7-3-8-17-11-13-5-1-2-6-14(13)15(12-17)18-9-4-10-19-15/h1-2,5-6H,3-4,7-12H2. The van der Waals surface area contributed by atoms with E-state index in [4.69, 9.17) is 11.6 Å². The molecule has 1 nitrogen and oxygen atoms in total. The van der Waals surface area contributed by atoms with E-state index in [-0.39, 0.29) is 4.08 Å². The topological polar surface area (TPSA) is 3.24 Å². The number of nitrogens with zero attached hydrogens (tertiary/aromatic N) is 1. The van der Waals surface area contributed by atoms with Crippen LogP contribution in [0.4, 0.5) is 0 Å². The van der Waals surface area contributed by atoms with Crippen LogP contribution in [0.15, 0.2) is 24.3 Å². The lowest BCUT2D eigenvalue weighted by Crippen LogP contribution is -2.43. The molecule has 2 heterocycles. The summed E-state index contributed by atoms with van der Waals surface area (Å²) in [5, 5.41) is 0. The van der Waals surface area contributed by atoms with Crippen LogP contribution in [0.5, 0.6) is 0 Å². The summed E-state index contributed by atoms with van der Waals surface area (Å²) in [6, 6.07) is 9.03. The molecule has 4 heteroatoms. The van der Waals surface area contributed by atoms with Gasteiger partial charge in [0, 0.05) is 19.0 Å². The zero-order chi connectivity index (χ0) is 13.1. The van der Waals surface area contributed by atoms with E-state index in [0.29, 0.717) is 0 Å². The highest BCUT2D eigenvalue weighted by Gasteiger charge is 2.41. The predicted octanol–water partition coefficient (Wildman–Crippen LogP) is 4.15. The van der Waals surface area contributed by atoms with E-state index < -0.39 is 0 Å². The van der Waals surface area contributed by atoms with Crippen LogP contribution in [0.25, 0.3) is 0 Å². The molecule has 0 atom stereocenters. The zero-order valence-corrected chi connectivity index (χ0v) is 13.5. The second-order valence-electron chi connectivity index (χ2n) is 5.21. The van der Waals surface area contributed by atoms with E-state index in [0.717, 1.165) is 25.4 Å². The molecular formula is C15H20ClNS2. The van der Waals surface area contributed by atoms with Crippen molar-refractivity contribution in [2.45, 2.75) is 23.5 Å². The molecule has 0 aromatic heterocycles. The molecule has 0 aliphatic carbocycles. The monoisotopic (exact) mass is 313 g/mol. The number of rotatable bonds is 3. The van der Waals surface area contributed by atoms with Crippen LogP contribution < -0.4 is 0 Å². The molecule has 1 aromatic rings. The van der Waals surface area contributed by atoms with E-state index in [1.54, 1.807) is 5.56 Å². The highest BCUT2D eigenvalue weighted by molar-refractivity contribution is 8.18. The van der Waals surface area contributed by atoms with Gasteiger partial charge in [-0.1, -0.05) is 24.3 Å². The number of thioether (sulfide) groups is 2. The molecule has 2 aliphatic rings. The molecule has 104 valence electrons. The first-order chi connectivity index (χ1) is 9.34. The van der Waals surface area contributed by atoms with Crippen molar-refractivity contribution < 1.29 is 0 Å². The molecule has 3 rings (SSSR count). The van der Waals surface area contributed by atoms with E-state index in [1.165, 1.54) is 30.0 Å². The maximum absolute atomic E-state index is 5.86. The number of hydrogen-bond acceptors (Lipinski definition) is 3. The van der Waals surface area contributed by atoms with Gasteiger partial charge in [0.2, 0.25) is 0 Å². The Morgan fingerprint density at radius 1 is 1.21 bits per heavy atom. The number of alkyl halides is 1. The lowest BCUT2D eigenvalue weighted by Gasteiger charge is -2.45. The molecule has 1 saturated heterocycles. The summed E-state index contributed by atoms with van der Waals surface area (Å²) in [6.45, 7) is 3.40. The van der Waals surface area contributed by atoms with Crippen LogP contribution >= 0.6 is 35.1 Å². The lowest BCUT2D eigenvalue weighted by molar-refractivity contribution is 0.245. The zero-order valence-electron chi connectivity index (χ0n) is 11.1. The molecule has 0 bridgehead atoms. The van der Waals surface area contributed by atoms with Gasteiger partial charge in [0.1, 0.15) is 0 Å². The molecule has 2 aliphatic heterocycles. The van der Waals surface area contributed by atoms with Gasteiger partial charge in [0.25, 0.3) is 0 Å². The van der Waals surface area contributed by atoms with Crippen molar-refractivity contribution in [1.82, 2.24) is 4.90 Å². The quantitative estimate of drug-likeness (QED) is 0.772. The highest BCUT2D eigenvalue weighted by atomic mass is 35.5. The summed E-state index contributed by atoms with van der Waals surface area (Å²) in [5.41, 5.74) is 3.09. The Hall–Kier alpha value is 0.170. The molecule has 1 fully saturated rings. The summed E-state index contributed by atoms with van der Waals surface area (Å²) >= 11 is 10.2. The molecule has 0 amide bonds. The van der Waals surface area contributed by atoms with Crippen molar-refractivity contribution in [3.8, 4) is 0 Å². The first-order valence-electron chi connectivity index (χ1n) is 6.99. The maximum atomic E-state index is 5.86. The first-order valence-corrected chi connectivity index (χ1v) is 9.49. The third-order valence-corrected chi connectivity index (χ3v) is 7.41. The van der Waals surface area contributed by atoms with Crippen LogP contribution in [0, 0.1) is 0 Å². The van der Waals surface area contributed by atoms with Gasteiger partial charge in [-0.2, -0.15) is 0 Å². The smallest absolute Gasteiger partial charge is 0.0989 e. The van der Waals surface area contributed by atoms with E-state index in [2.05, 4.69) is 52.7 Å². The van der Waals surface area contributed by atoms with Crippen molar-refractivity contribution in [3.63, 3.8) is 0 Å². The Kier molecular flexibility index (Phi) is 4.68. The Balaban J connectivity index is 1.89. The van der Waals surface area contributed by atoms with Gasteiger partial charge in [-0.3, -0.25) is 4.90 Å². The van der Waals surface area contributed by atoms with Gasteiger partial charge in [-0.25, -0.2) is 0 Å². The number of fused-ring (bicyclic) bond motifs is 2. The Labute approximate surface area is 129 Å². The van der Waals surface area contributed by atoms with E-state index >= 15 is 0 Å². The molecule has 19 heavy (non-hydrogen) atoms. The van der Waals surface area contributed by atoms with Crippen LogP contribution in [0.3, 0.4) is 0 Å². The minimum Gasteiger partial charge on any atom is -0.296 e. The van der Waals surface area contributed by atoms with Gasteiger partial charge >= 0.3 is 0 Å². The number of benzene rings is 1. The SMILES string of the molecule is ClCCCN1Cc2ccccc2C2(C1)SCCCS2. The number of halogens is 1. The molecular weight excluding hydrogens is 294 g/mol. The summed E-state index contributed by atoms with van der Waals surface area (Å²) < 4.78 is 0.277. The minimum atomic E-state index is 0.277. The van der Waals surface area contributed by atoms with Gasteiger partial charge in [-0.05, 0) is 42.0 Å². The molecule has 0 unspecified atom stereocenters. The molecule has 0 radical (unpaired) electrons. The third-order valence-electron chi connectivity index (χ3n) is 3.82. The van der Waals surface area contributed by atoms with Gasteiger partial charge < -0.3 is 0 Å². The second kappa shape index (κ2) is 6.30. The summed E-state index contributed by atoms with van der Waals surface area (Å²) in [5.74, 6) is 3.36. The van der Waals surface area contributed by atoms with Gasteiger partial charge in [0.05, 0.1) is 4.08 Å². The van der Waals surface area contributed by atoms with Crippen LogP contribution in [-0.4, -0.2) is 35.4 Å². The fourth-order valence-electron chi connectivity index (χ4n) is 2.97.